The molecule has 4 heteroatoms. The molecule has 4 nitrogen and oxygen atoms in total. The van der Waals surface area contributed by atoms with Crippen LogP contribution in [-0.4, -0.2) is 27.1 Å². The van der Waals surface area contributed by atoms with Crippen LogP contribution in [0.1, 0.15) is 21.6 Å². The van der Waals surface area contributed by atoms with Crippen molar-refractivity contribution in [1.29, 1.82) is 0 Å². The highest BCUT2D eigenvalue weighted by Gasteiger charge is 2.22. The first-order chi connectivity index (χ1) is 8.75. The van der Waals surface area contributed by atoms with Crippen LogP contribution < -0.4 is 0 Å². The summed E-state index contributed by atoms with van der Waals surface area (Å²) in [6.45, 7) is 4.12. The average Bonchev–Trinajstić information content (AvgIpc) is 2.85. The van der Waals surface area contributed by atoms with Crippen LogP contribution in [-0.2, 0) is 13.1 Å². The van der Waals surface area contributed by atoms with Crippen molar-refractivity contribution in [2.24, 2.45) is 0 Å². The van der Waals surface area contributed by atoms with Gasteiger partial charge in [-0.3, -0.25) is 9.48 Å². The lowest BCUT2D eigenvalue weighted by molar-refractivity contribution is 0.0705. The maximum Gasteiger partial charge on any atom is 0.254 e. The molecule has 1 aliphatic rings. The van der Waals surface area contributed by atoms with Crippen molar-refractivity contribution in [3.63, 3.8) is 0 Å². The Hall–Kier alpha value is -2.10. The van der Waals surface area contributed by atoms with Gasteiger partial charge >= 0.3 is 0 Å². The Morgan fingerprint density at radius 3 is 2.89 bits per heavy atom. The summed E-state index contributed by atoms with van der Waals surface area (Å²) in [5.41, 5.74) is 2.93. The molecule has 2 aromatic rings. The Morgan fingerprint density at radius 2 is 2.06 bits per heavy atom. The summed E-state index contributed by atoms with van der Waals surface area (Å²) in [6.07, 6.45) is 1.79. The molecule has 0 N–H and O–H groups in total. The minimum Gasteiger partial charge on any atom is -0.331 e. The van der Waals surface area contributed by atoms with E-state index in [4.69, 9.17) is 0 Å². The van der Waals surface area contributed by atoms with Gasteiger partial charge in [0.15, 0.2) is 0 Å². The van der Waals surface area contributed by atoms with Crippen molar-refractivity contribution in [3.8, 4) is 0 Å². The second kappa shape index (κ2) is 4.29. The highest BCUT2D eigenvalue weighted by Crippen LogP contribution is 2.16. The number of aryl methyl sites for hydroxylation is 1. The Labute approximate surface area is 106 Å². The van der Waals surface area contributed by atoms with Gasteiger partial charge in [0.05, 0.1) is 18.8 Å². The molecule has 0 atom stereocenters. The fourth-order valence-corrected chi connectivity index (χ4v) is 2.34. The number of fused-ring (bicyclic) bond motifs is 1. The zero-order valence-electron chi connectivity index (χ0n) is 10.3. The van der Waals surface area contributed by atoms with E-state index in [9.17, 15) is 4.79 Å². The molecular formula is C14H15N3O. The molecule has 0 unspecified atom stereocenters. The zero-order valence-corrected chi connectivity index (χ0v) is 10.3. The number of carbonyl (C=O) groups is 1. The first kappa shape index (κ1) is 11.0. The van der Waals surface area contributed by atoms with Crippen molar-refractivity contribution in [3.05, 3.63) is 53.3 Å². The van der Waals surface area contributed by atoms with E-state index in [1.807, 2.05) is 46.8 Å². The predicted octanol–water partition coefficient (Wildman–Crippen LogP) is 1.85. The quantitative estimate of drug-likeness (QED) is 0.764. The maximum absolute atomic E-state index is 12.4. The minimum absolute atomic E-state index is 0.112. The van der Waals surface area contributed by atoms with Crippen LogP contribution in [0, 0.1) is 6.92 Å². The lowest BCUT2D eigenvalue weighted by Gasteiger charge is -2.28. The zero-order chi connectivity index (χ0) is 12.5. The molecule has 1 aromatic heterocycles. The van der Waals surface area contributed by atoms with Crippen LogP contribution in [0.4, 0.5) is 0 Å². The summed E-state index contributed by atoms with van der Waals surface area (Å²) in [4.78, 5) is 14.3. The highest BCUT2D eigenvalue weighted by atomic mass is 16.2. The van der Waals surface area contributed by atoms with Gasteiger partial charge < -0.3 is 4.90 Å². The Morgan fingerprint density at radius 1 is 1.22 bits per heavy atom. The average molecular weight is 241 g/mol. The van der Waals surface area contributed by atoms with E-state index < -0.39 is 0 Å². The van der Waals surface area contributed by atoms with Crippen LogP contribution in [0.3, 0.4) is 0 Å². The molecule has 1 amide bonds. The molecule has 92 valence electrons. The van der Waals surface area contributed by atoms with Crippen LogP contribution in [0.25, 0.3) is 0 Å². The number of hydrogen-bond acceptors (Lipinski definition) is 2. The van der Waals surface area contributed by atoms with E-state index in [1.165, 1.54) is 0 Å². The number of benzene rings is 1. The van der Waals surface area contributed by atoms with E-state index in [-0.39, 0.29) is 5.91 Å². The third kappa shape index (κ3) is 1.79. The smallest absolute Gasteiger partial charge is 0.254 e. The molecule has 1 aliphatic heterocycles. The summed E-state index contributed by atoms with van der Waals surface area (Å²) >= 11 is 0. The molecular weight excluding hydrogens is 226 g/mol. The van der Waals surface area contributed by atoms with E-state index in [0.29, 0.717) is 6.54 Å². The third-order valence-corrected chi connectivity index (χ3v) is 3.40. The first-order valence-electron chi connectivity index (χ1n) is 6.11. The number of carbonyl (C=O) groups excluding carboxylic acids is 1. The highest BCUT2D eigenvalue weighted by molar-refractivity contribution is 5.95. The molecule has 3 rings (SSSR count). The molecule has 18 heavy (non-hydrogen) atoms. The van der Waals surface area contributed by atoms with Crippen LogP contribution in [0.5, 0.6) is 0 Å². The van der Waals surface area contributed by atoms with Crippen molar-refractivity contribution >= 4 is 5.91 Å². The van der Waals surface area contributed by atoms with Crippen LogP contribution in [0.15, 0.2) is 36.5 Å². The summed E-state index contributed by atoms with van der Waals surface area (Å²) in [7, 11) is 0. The van der Waals surface area contributed by atoms with Gasteiger partial charge in [-0.2, -0.15) is 5.10 Å². The molecule has 0 fully saturated rings. The number of rotatable bonds is 1. The van der Waals surface area contributed by atoms with E-state index in [2.05, 4.69) is 5.10 Å². The third-order valence-electron chi connectivity index (χ3n) is 3.40. The SMILES string of the molecule is Cc1ccccc1C(=O)N1CCn2nccc2C1. The largest absolute Gasteiger partial charge is 0.331 e. The van der Waals surface area contributed by atoms with E-state index >= 15 is 0 Å². The lowest BCUT2D eigenvalue weighted by atomic mass is 10.1. The topological polar surface area (TPSA) is 38.1 Å². The summed E-state index contributed by atoms with van der Waals surface area (Å²) in [5, 5.41) is 4.22. The van der Waals surface area contributed by atoms with Crippen LogP contribution >= 0.6 is 0 Å². The molecule has 2 heterocycles. The molecule has 0 bridgehead atoms. The predicted molar refractivity (Wildman–Crippen MR) is 68.1 cm³/mol. The Bertz CT molecular complexity index is 588. The fraction of sp³-hybridized carbons (Fsp3) is 0.286. The van der Waals surface area contributed by atoms with E-state index in [0.717, 1.165) is 29.9 Å². The Balaban J connectivity index is 1.85. The molecule has 0 aliphatic carbocycles. The normalized spacial score (nSPS) is 14.4. The molecule has 1 aromatic carbocycles. The van der Waals surface area contributed by atoms with Crippen molar-refractivity contribution < 1.29 is 4.79 Å². The van der Waals surface area contributed by atoms with Gasteiger partial charge in [-0.25, -0.2) is 0 Å². The Kier molecular flexibility index (Phi) is 2.63. The van der Waals surface area contributed by atoms with Gasteiger partial charge in [0.2, 0.25) is 0 Å². The maximum atomic E-state index is 12.4. The summed E-state index contributed by atoms with van der Waals surface area (Å²) < 4.78 is 1.96. The van der Waals surface area contributed by atoms with Crippen molar-refractivity contribution in [2.45, 2.75) is 20.0 Å². The molecule has 0 radical (unpaired) electrons. The summed E-state index contributed by atoms with van der Waals surface area (Å²) in [5.74, 6) is 0.112. The van der Waals surface area contributed by atoms with Crippen LogP contribution in [0.2, 0.25) is 0 Å². The standard InChI is InChI=1S/C14H15N3O/c1-11-4-2-3-5-13(11)14(18)16-8-9-17-12(10-16)6-7-15-17/h2-7H,8-10H2,1H3. The summed E-state index contributed by atoms with van der Waals surface area (Å²) in [6, 6.07) is 9.70. The van der Waals surface area contributed by atoms with Crippen molar-refractivity contribution in [2.75, 3.05) is 6.54 Å². The van der Waals surface area contributed by atoms with Gasteiger partial charge in [-0.15, -0.1) is 0 Å². The second-order valence-corrected chi connectivity index (χ2v) is 4.59. The van der Waals surface area contributed by atoms with E-state index in [1.54, 1.807) is 6.20 Å². The monoisotopic (exact) mass is 241 g/mol. The van der Waals surface area contributed by atoms with Gasteiger partial charge in [0.25, 0.3) is 5.91 Å². The number of hydrogen-bond donors (Lipinski definition) is 0. The van der Waals surface area contributed by atoms with Gasteiger partial charge in [-0.1, -0.05) is 18.2 Å². The number of nitrogens with zero attached hydrogens (tertiary/aromatic N) is 3. The fourth-order valence-electron chi connectivity index (χ4n) is 2.34. The lowest BCUT2D eigenvalue weighted by Crippen LogP contribution is -2.38. The van der Waals surface area contributed by atoms with Gasteiger partial charge in [0, 0.05) is 18.3 Å². The molecule has 0 saturated heterocycles. The number of aromatic nitrogens is 2. The minimum atomic E-state index is 0.112. The number of amides is 1. The van der Waals surface area contributed by atoms with Gasteiger partial charge in [0.1, 0.15) is 0 Å². The molecule has 0 saturated carbocycles. The van der Waals surface area contributed by atoms with Gasteiger partial charge in [-0.05, 0) is 24.6 Å². The first-order valence-corrected chi connectivity index (χ1v) is 6.11. The van der Waals surface area contributed by atoms with Crippen molar-refractivity contribution in [1.82, 2.24) is 14.7 Å². The molecule has 0 spiro atoms. The second-order valence-electron chi connectivity index (χ2n) is 4.59.